The van der Waals surface area contributed by atoms with Gasteiger partial charge in [-0.1, -0.05) is 35.6 Å². The lowest BCUT2D eigenvalue weighted by molar-refractivity contribution is 0.0955. The van der Waals surface area contributed by atoms with Crippen LogP contribution in [0.3, 0.4) is 0 Å². The molecule has 2 N–H and O–H groups in total. The summed E-state index contributed by atoms with van der Waals surface area (Å²) in [5.41, 5.74) is 1.64. The van der Waals surface area contributed by atoms with Crippen molar-refractivity contribution in [3.8, 4) is 11.8 Å². The summed E-state index contributed by atoms with van der Waals surface area (Å²) in [5, 5.41) is 14.0. The molecule has 0 atom stereocenters. The highest BCUT2D eigenvalue weighted by Crippen LogP contribution is 2.16. The van der Waals surface area contributed by atoms with Crippen molar-refractivity contribution >= 4 is 28.8 Å². The van der Waals surface area contributed by atoms with Crippen LogP contribution in [0.1, 0.15) is 27.2 Å². The summed E-state index contributed by atoms with van der Waals surface area (Å²) < 4.78 is 0. The summed E-state index contributed by atoms with van der Waals surface area (Å²) >= 11 is 7.26. The molecule has 2 rings (SSSR count). The molecule has 0 aliphatic heterocycles. The van der Waals surface area contributed by atoms with Crippen molar-refractivity contribution in [2.75, 3.05) is 6.61 Å². The van der Waals surface area contributed by atoms with Gasteiger partial charge in [0.05, 0.1) is 6.61 Å². The molecule has 1 heterocycles. The first kappa shape index (κ1) is 15.6. The first-order valence-electron chi connectivity index (χ1n) is 6.40. The van der Waals surface area contributed by atoms with E-state index >= 15 is 0 Å². The van der Waals surface area contributed by atoms with Gasteiger partial charge in [0.25, 0.3) is 5.91 Å². The average Bonchev–Trinajstić information content (AvgIpc) is 2.94. The summed E-state index contributed by atoms with van der Waals surface area (Å²) in [6.45, 7) is 0.439. The maximum Gasteiger partial charge on any atom is 0.262 e. The van der Waals surface area contributed by atoms with Crippen LogP contribution in [0.15, 0.2) is 35.7 Å². The maximum absolute atomic E-state index is 12.2. The van der Waals surface area contributed by atoms with Crippen LogP contribution < -0.4 is 5.32 Å². The zero-order valence-electron chi connectivity index (χ0n) is 11.2. The molecular weight excluding hydrogens is 306 g/mol. The fraction of sp³-hybridized carbons (Fsp3) is 0.188. The van der Waals surface area contributed by atoms with Gasteiger partial charge in [0, 0.05) is 23.6 Å². The number of rotatable bonds is 4. The summed E-state index contributed by atoms with van der Waals surface area (Å²) in [6, 6.07) is 9.17. The molecule has 1 aromatic carbocycles. The first-order valence-corrected chi connectivity index (χ1v) is 7.66. The highest BCUT2D eigenvalue weighted by atomic mass is 35.5. The van der Waals surface area contributed by atoms with E-state index in [1.165, 1.54) is 11.3 Å². The van der Waals surface area contributed by atoms with Crippen LogP contribution in [0, 0.1) is 11.8 Å². The number of nitrogens with one attached hydrogen (secondary N) is 1. The van der Waals surface area contributed by atoms with Crippen molar-refractivity contribution in [3.05, 3.63) is 56.7 Å². The van der Waals surface area contributed by atoms with Crippen LogP contribution in [-0.2, 0) is 6.54 Å². The minimum atomic E-state index is -0.154. The van der Waals surface area contributed by atoms with E-state index in [1.54, 1.807) is 6.07 Å². The minimum absolute atomic E-state index is 0.0213. The Morgan fingerprint density at radius 2 is 2.24 bits per heavy atom. The number of aliphatic hydroxyl groups is 1. The van der Waals surface area contributed by atoms with E-state index in [1.807, 2.05) is 29.6 Å². The molecule has 2 aromatic rings. The molecule has 0 fully saturated rings. The molecule has 0 spiro atoms. The second-order valence-electron chi connectivity index (χ2n) is 4.25. The van der Waals surface area contributed by atoms with Gasteiger partial charge in [0.1, 0.15) is 4.88 Å². The zero-order valence-corrected chi connectivity index (χ0v) is 12.8. The molecule has 1 aromatic heterocycles. The number of aliphatic hydroxyl groups excluding tert-OH is 1. The molecular formula is C16H14ClNO2S. The molecule has 0 unspecified atom stereocenters. The number of benzene rings is 1. The normalized spacial score (nSPS) is 9.81. The van der Waals surface area contributed by atoms with Gasteiger partial charge in [0.15, 0.2) is 0 Å². The first-order chi connectivity index (χ1) is 10.2. The number of carbonyl (C=O) groups is 1. The average molecular weight is 320 g/mol. The molecule has 0 aliphatic rings. The third-order valence-electron chi connectivity index (χ3n) is 2.67. The van der Waals surface area contributed by atoms with Crippen molar-refractivity contribution in [1.82, 2.24) is 5.32 Å². The van der Waals surface area contributed by atoms with Crippen molar-refractivity contribution < 1.29 is 9.90 Å². The highest BCUT2D eigenvalue weighted by Gasteiger charge is 2.11. The second kappa shape index (κ2) is 7.84. The quantitative estimate of drug-likeness (QED) is 0.851. The molecule has 0 saturated carbocycles. The molecule has 0 saturated heterocycles. The molecule has 0 radical (unpaired) electrons. The fourth-order valence-corrected chi connectivity index (χ4v) is 2.69. The number of amides is 1. The van der Waals surface area contributed by atoms with Gasteiger partial charge in [-0.05, 0) is 29.1 Å². The Balaban J connectivity index is 2.01. The zero-order chi connectivity index (χ0) is 15.1. The molecule has 0 aliphatic carbocycles. The van der Waals surface area contributed by atoms with Gasteiger partial charge in [-0.15, -0.1) is 11.3 Å². The monoisotopic (exact) mass is 319 g/mol. The van der Waals surface area contributed by atoms with Gasteiger partial charge in [-0.3, -0.25) is 4.79 Å². The van der Waals surface area contributed by atoms with E-state index in [0.717, 1.165) is 5.56 Å². The van der Waals surface area contributed by atoms with Gasteiger partial charge >= 0.3 is 0 Å². The number of hydrogen-bond acceptors (Lipinski definition) is 3. The largest absolute Gasteiger partial charge is 0.395 e. The van der Waals surface area contributed by atoms with E-state index in [0.29, 0.717) is 28.4 Å². The highest BCUT2D eigenvalue weighted by molar-refractivity contribution is 7.12. The minimum Gasteiger partial charge on any atom is -0.395 e. The molecule has 1 amide bonds. The Hall–Kier alpha value is -1.80. The van der Waals surface area contributed by atoms with Gasteiger partial charge in [0.2, 0.25) is 0 Å². The Morgan fingerprint density at radius 1 is 1.38 bits per heavy atom. The summed E-state index contributed by atoms with van der Waals surface area (Å²) in [7, 11) is 0. The number of carbonyl (C=O) groups excluding carboxylic acids is 1. The Labute approximate surface area is 132 Å². The summed E-state index contributed by atoms with van der Waals surface area (Å²) in [6.07, 6.45) is 0.402. The van der Waals surface area contributed by atoms with E-state index in [9.17, 15) is 4.79 Å². The SMILES string of the molecule is O=C(NCc1cccc(Cl)c1)c1sccc1C#CCCO. The standard InChI is InChI=1S/C16H14ClNO2S/c17-14-6-3-4-12(10-14)11-18-16(20)15-13(7-9-21-15)5-1-2-8-19/h3-4,6-7,9-10,19H,2,8,11H2,(H,18,20). The van der Waals surface area contributed by atoms with Gasteiger partial charge in [-0.2, -0.15) is 0 Å². The van der Waals surface area contributed by atoms with Crippen LogP contribution in [0.25, 0.3) is 0 Å². The van der Waals surface area contributed by atoms with Crippen LogP contribution >= 0.6 is 22.9 Å². The topological polar surface area (TPSA) is 49.3 Å². The van der Waals surface area contributed by atoms with E-state index in [2.05, 4.69) is 17.2 Å². The maximum atomic E-state index is 12.2. The van der Waals surface area contributed by atoms with Crippen LogP contribution in [0.4, 0.5) is 0 Å². The van der Waals surface area contributed by atoms with Crippen molar-refractivity contribution in [2.24, 2.45) is 0 Å². The van der Waals surface area contributed by atoms with Crippen LogP contribution in [0.5, 0.6) is 0 Å². The van der Waals surface area contributed by atoms with Crippen LogP contribution in [-0.4, -0.2) is 17.6 Å². The molecule has 108 valence electrons. The van der Waals surface area contributed by atoms with E-state index < -0.39 is 0 Å². The van der Waals surface area contributed by atoms with Crippen molar-refractivity contribution in [2.45, 2.75) is 13.0 Å². The van der Waals surface area contributed by atoms with Crippen molar-refractivity contribution in [1.29, 1.82) is 0 Å². The van der Waals surface area contributed by atoms with Crippen molar-refractivity contribution in [3.63, 3.8) is 0 Å². The number of hydrogen-bond donors (Lipinski definition) is 2. The number of halogens is 1. The Kier molecular flexibility index (Phi) is 5.82. The molecule has 3 nitrogen and oxygen atoms in total. The lowest BCUT2D eigenvalue weighted by Gasteiger charge is -2.05. The van der Waals surface area contributed by atoms with Crippen LogP contribution in [0.2, 0.25) is 5.02 Å². The van der Waals surface area contributed by atoms with E-state index in [-0.39, 0.29) is 12.5 Å². The third-order valence-corrected chi connectivity index (χ3v) is 3.82. The third kappa shape index (κ3) is 4.61. The molecule has 0 bridgehead atoms. The smallest absolute Gasteiger partial charge is 0.262 e. The van der Waals surface area contributed by atoms with Gasteiger partial charge < -0.3 is 10.4 Å². The molecule has 5 heteroatoms. The second-order valence-corrected chi connectivity index (χ2v) is 5.60. The van der Waals surface area contributed by atoms with Gasteiger partial charge in [-0.25, -0.2) is 0 Å². The fourth-order valence-electron chi connectivity index (χ4n) is 1.71. The Bertz CT molecular complexity index is 685. The summed E-state index contributed by atoms with van der Waals surface area (Å²) in [5.74, 6) is 5.57. The lowest BCUT2D eigenvalue weighted by Crippen LogP contribution is -2.22. The lowest BCUT2D eigenvalue weighted by atomic mass is 10.2. The summed E-state index contributed by atoms with van der Waals surface area (Å²) in [4.78, 5) is 12.8. The predicted octanol–water partition coefficient (Wildman–Crippen LogP) is 3.07. The van der Waals surface area contributed by atoms with E-state index in [4.69, 9.17) is 16.7 Å². The number of thiophene rings is 1. The predicted molar refractivity (Wildman–Crippen MR) is 85.5 cm³/mol. The Morgan fingerprint density at radius 3 is 3.00 bits per heavy atom. The molecule has 21 heavy (non-hydrogen) atoms.